The quantitative estimate of drug-likeness (QED) is 0.780. The first-order valence-electron chi connectivity index (χ1n) is 5.29. The molecule has 0 aromatic heterocycles. The second kappa shape index (κ2) is 5.91. The summed E-state index contributed by atoms with van der Waals surface area (Å²) in [5, 5.41) is 0. The average Bonchev–Trinajstić information content (AvgIpc) is 2.26. The minimum atomic E-state index is -3.06. The standard InChI is InChI=1S/C12H17O4S/c1-4-16-12-9-10(5-6-11(12)15-2)7-8-17(3,13)14/h5-6,8-9H,4,7H2,1-3H3. The van der Waals surface area contributed by atoms with E-state index in [1.807, 2.05) is 13.0 Å². The van der Waals surface area contributed by atoms with Gasteiger partial charge < -0.3 is 9.47 Å². The van der Waals surface area contributed by atoms with Gasteiger partial charge in [0.05, 0.1) is 19.5 Å². The third-order valence-corrected chi connectivity index (χ3v) is 2.92. The van der Waals surface area contributed by atoms with Crippen LogP contribution in [0.5, 0.6) is 11.5 Å². The maximum absolute atomic E-state index is 11.0. The van der Waals surface area contributed by atoms with Gasteiger partial charge in [0.15, 0.2) is 21.3 Å². The Bertz CT molecular complexity index is 465. The maximum atomic E-state index is 11.0. The molecule has 5 heteroatoms. The van der Waals surface area contributed by atoms with Crippen LogP contribution in [0, 0.1) is 5.75 Å². The van der Waals surface area contributed by atoms with E-state index in [0.717, 1.165) is 5.56 Å². The fourth-order valence-electron chi connectivity index (χ4n) is 1.36. The van der Waals surface area contributed by atoms with E-state index in [1.165, 1.54) is 12.0 Å². The molecule has 1 aromatic carbocycles. The fourth-order valence-corrected chi connectivity index (χ4v) is 1.86. The zero-order valence-corrected chi connectivity index (χ0v) is 11.1. The predicted molar refractivity (Wildman–Crippen MR) is 67.0 cm³/mol. The van der Waals surface area contributed by atoms with Gasteiger partial charge in [-0.05, 0) is 31.0 Å². The predicted octanol–water partition coefficient (Wildman–Crippen LogP) is 1.84. The van der Waals surface area contributed by atoms with Crippen molar-refractivity contribution in [2.75, 3.05) is 20.0 Å². The fraction of sp³-hybridized carbons (Fsp3) is 0.417. The zero-order chi connectivity index (χ0) is 12.9. The average molecular weight is 257 g/mol. The first-order chi connectivity index (χ1) is 7.96. The van der Waals surface area contributed by atoms with Gasteiger partial charge in [-0.15, -0.1) is 0 Å². The monoisotopic (exact) mass is 257 g/mol. The summed E-state index contributed by atoms with van der Waals surface area (Å²) < 4.78 is 32.6. The molecule has 0 unspecified atom stereocenters. The molecule has 0 aliphatic rings. The van der Waals surface area contributed by atoms with Crippen LogP contribution in [0.4, 0.5) is 0 Å². The number of hydrogen-bond acceptors (Lipinski definition) is 4. The molecule has 0 N–H and O–H groups in total. The second-order valence-electron chi connectivity index (χ2n) is 3.62. The van der Waals surface area contributed by atoms with Gasteiger partial charge in [-0.3, -0.25) is 0 Å². The Hall–Kier alpha value is -1.23. The van der Waals surface area contributed by atoms with E-state index >= 15 is 0 Å². The van der Waals surface area contributed by atoms with Crippen LogP contribution in [-0.4, -0.2) is 28.4 Å². The van der Waals surface area contributed by atoms with E-state index < -0.39 is 9.84 Å². The van der Waals surface area contributed by atoms with Crippen molar-refractivity contribution in [2.24, 2.45) is 0 Å². The van der Waals surface area contributed by atoms with Gasteiger partial charge in [0.25, 0.3) is 0 Å². The molecular weight excluding hydrogens is 240 g/mol. The van der Waals surface area contributed by atoms with Crippen molar-refractivity contribution in [3.8, 4) is 11.5 Å². The molecule has 0 spiro atoms. The normalized spacial score (nSPS) is 11.2. The Morgan fingerprint density at radius 3 is 2.53 bits per heavy atom. The van der Waals surface area contributed by atoms with Crippen molar-refractivity contribution < 1.29 is 17.9 Å². The second-order valence-corrected chi connectivity index (χ2v) is 5.61. The molecule has 0 bridgehead atoms. The van der Waals surface area contributed by atoms with E-state index in [4.69, 9.17) is 9.47 Å². The lowest BCUT2D eigenvalue weighted by atomic mass is 10.1. The molecule has 0 aliphatic carbocycles. The summed E-state index contributed by atoms with van der Waals surface area (Å²) in [6.07, 6.45) is 1.54. The summed E-state index contributed by atoms with van der Waals surface area (Å²) >= 11 is 0. The molecule has 4 nitrogen and oxygen atoms in total. The van der Waals surface area contributed by atoms with E-state index in [0.29, 0.717) is 24.5 Å². The zero-order valence-electron chi connectivity index (χ0n) is 10.3. The molecule has 1 radical (unpaired) electrons. The summed E-state index contributed by atoms with van der Waals surface area (Å²) in [6.45, 7) is 2.42. The highest BCUT2D eigenvalue weighted by Crippen LogP contribution is 2.28. The Morgan fingerprint density at radius 2 is 2.00 bits per heavy atom. The van der Waals surface area contributed by atoms with Gasteiger partial charge in [-0.1, -0.05) is 6.07 Å². The molecule has 95 valence electrons. The molecule has 0 aliphatic heterocycles. The highest BCUT2D eigenvalue weighted by molar-refractivity contribution is 7.92. The molecule has 0 heterocycles. The maximum Gasteiger partial charge on any atom is 0.161 e. The largest absolute Gasteiger partial charge is 0.493 e. The SMILES string of the molecule is CCOc1cc(C[CH]S(C)(=O)=O)ccc1OC. The third-order valence-electron chi connectivity index (χ3n) is 2.15. The van der Waals surface area contributed by atoms with Crippen molar-refractivity contribution in [2.45, 2.75) is 13.3 Å². The van der Waals surface area contributed by atoms with Crippen LogP contribution in [0.15, 0.2) is 18.2 Å². The number of sulfone groups is 1. The van der Waals surface area contributed by atoms with Crippen LogP contribution < -0.4 is 9.47 Å². The minimum absolute atomic E-state index is 0.364. The summed E-state index contributed by atoms with van der Waals surface area (Å²) in [5.74, 6) is 2.56. The van der Waals surface area contributed by atoms with Gasteiger partial charge in [0, 0.05) is 6.26 Å². The smallest absolute Gasteiger partial charge is 0.161 e. The van der Waals surface area contributed by atoms with Gasteiger partial charge in [-0.25, -0.2) is 8.42 Å². The minimum Gasteiger partial charge on any atom is -0.493 e. The van der Waals surface area contributed by atoms with Crippen LogP contribution in [0.2, 0.25) is 0 Å². The molecule has 0 fully saturated rings. The Kier molecular flexibility index (Phi) is 4.81. The van der Waals surface area contributed by atoms with Crippen molar-refractivity contribution in [3.63, 3.8) is 0 Å². The van der Waals surface area contributed by atoms with E-state index in [1.54, 1.807) is 19.2 Å². The lowest BCUT2D eigenvalue weighted by Crippen LogP contribution is -2.01. The van der Waals surface area contributed by atoms with Crippen LogP contribution in [0.1, 0.15) is 12.5 Å². The van der Waals surface area contributed by atoms with Crippen molar-refractivity contribution in [1.29, 1.82) is 0 Å². The van der Waals surface area contributed by atoms with Crippen molar-refractivity contribution in [3.05, 3.63) is 29.5 Å². The first kappa shape index (κ1) is 13.8. The van der Waals surface area contributed by atoms with Crippen LogP contribution in [-0.2, 0) is 16.3 Å². The molecule has 0 saturated heterocycles. The first-order valence-corrected chi connectivity index (χ1v) is 7.24. The molecule has 0 amide bonds. The van der Waals surface area contributed by atoms with Crippen molar-refractivity contribution >= 4 is 9.84 Å². The lowest BCUT2D eigenvalue weighted by molar-refractivity contribution is 0.310. The van der Waals surface area contributed by atoms with Gasteiger partial charge >= 0.3 is 0 Å². The van der Waals surface area contributed by atoms with Crippen LogP contribution in [0.3, 0.4) is 0 Å². The third kappa shape index (κ3) is 4.65. The van der Waals surface area contributed by atoms with Crippen LogP contribution >= 0.6 is 0 Å². The van der Waals surface area contributed by atoms with Gasteiger partial charge in [0.2, 0.25) is 0 Å². The Morgan fingerprint density at radius 1 is 1.29 bits per heavy atom. The molecule has 0 saturated carbocycles. The van der Waals surface area contributed by atoms with E-state index in [-0.39, 0.29) is 0 Å². The molecule has 1 aromatic rings. The number of benzene rings is 1. The number of rotatable bonds is 6. The summed E-state index contributed by atoms with van der Waals surface area (Å²) in [5.41, 5.74) is 0.875. The molecule has 0 atom stereocenters. The molecular formula is C12H17O4S. The lowest BCUT2D eigenvalue weighted by Gasteiger charge is -2.10. The summed E-state index contributed by atoms with van der Waals surface area (Å²) in [7, 11) is -1.49. The Balaban J connectivity index is 2.84. The highest BCUT2D eigenvalue weighted by atomic mass is 32.2. The number of ether oxygens (including phenoxy) is 2. The Labute approximate surface area is 102 Å². The van der Waals surface area contributed by atoms with E-state index in [9.17, 15) is 8.42 Å². The van der Waals surface area contributed by atoms with Gasteiger partial charge in [0.1, 0.15) is 0 Å². The van der Waals surface area contributed by atoms with Crippen molar-refractivity contribution in [1.82, 2.24) is 0 Å². The van der Waals surface area contributed by atoms with Gasteiger partial charge in [-0.2, -0.15) is 0 Å². The molecule has 17 heavy (non-hydrogen) atoms. The summed E-state index contributed by atoms with van der Waals surface area (Å²) in [6, 6.07) is 5.39. The molecule has 1 rings (SSSR count). The highest BCUT2D eigenvalue weighted by Gasteiger charge is 2.08. The van der Waals surface area contributed by atoms with E-state index in [2.05, 4.69) is 0 Å². The topological polar surface area (TPSA) is 52.6 Å². The summed E-state index contributed by atoms with van der Waals surface area (Å²) in [4.78, 5) is 0. The number of hydrogen-bond donors (Lipinski definition) is 0. The number of methoxy groups -OCH3 is 1. The van der Waals surface area contributed by atoms with Crippen LogP contribution in [0.25, 0.3) is 0 Å².